The van der Waals surface area contributed by atoms with Crippen molar-refractivity contribution in [1.29, 1.82) is 0 Å². The molecule has 1 rings (SSSR count). The highest BCUT2D eigenvalue weighted by molar-refractivity contribution is 5.30. The minimum Gasteiger partial charge on any atom is -0.393 e. The van der Waals surface area contributed by atoms with Gasteiger partial charge in [-0.25, -0.2) is 0 Å². The maximum absolute atomic E-state index is 10.4. The number of rotatable bonds is 5. The Morgan fingerprint density at radius 1 is 1.04 bits per heavy atom. The molecule has 1 aliphatic rings. The molecule has 2 nitrogen and oxygen atoms in total. The predicted molar refractivity (Wildman–Crippen MR) is 107 cm³/mol. The molecule has 1 fully saturated rings. The van der Waals surface area contributed by atoms with Crippen LogP contribution in [-0.4, -0.2) is 21.9 Å². The van der Waals surface area contributed by atoms with Crippen molar-refractivity contribution in [2.24, 2.45) is 0 Å². The first-order valence-corrected chi connectivity index (χ1v) is 8.90. The maximum atomic E-state index is 10.4. The molecular formula is C23H32O2. The highest BCUT2D eigenvalue weighted by Crippen LogP contribution is 2.32. The average molecular weight is 341 g/mol. The summed E-state index contributed by atoms with van der Waals surface area (Å²) >= 11 is 0. The first-order chi connectivity index (χ1) is 11.7. The van der Waals surface area contributed by atoms with E-state index in [-0.39, 0.29) is 0 Å². The van der Waals surface area contributed by atoms with E-state index in [2.05, 4.69) is 44.7 Å². The van der Waals surface area contributed by atoms with Gasteiger partial charge < -0.3 is 10.2 Å². The second-order valence-corrected chi connectivity index (χ2v) is 7.25. The molecule has 1 saturated carbocycles. The van der Waals surface area contributed by atoms with Gasteiger partial charge in [0, 0.05) is 12.0 Å². The summed E-state index contributed by atoms with van der Waals surface area (Å²) < 4.78 is 0. The lowest BCUT2D eigenvalue weighted by molar-refractivity contribution is 0.00719. The topological polar surface area (TPSA) is 40.5 Å². The third-order valence-corrected chi connectivity index (χ3v) is 4.10. The number of hydrogen-bond donors (Lipinski definition) is 2. The minimum absolute atomic E-state index is 0.385. The lowest BCUT2D eigenvalue weighted by Crippen LogP contribution is -2.36. The molecule has 0 bridgehead atoms. The van der Waals surface area contributed by atoms with Crippen molar-refractivity contribution in [2.45, 2.75) is 65.6 Å². The van der Waals surface area contributed by atoms with Crippen LogP contribution in [0.4, 0.5) is 0 Å². The summed E-state index contributed by atoms with van der Waals surface area (Å²) in [5.74, 6) is 0. The quantitative estimate of drug-likeness (QED) is 0.524. The van der Waals surface area contributed by atoms with Gasteiger partial charge in [-0.15, -0.1) is 5.73 Å². The van der Waals surface area contributed by atoms with E-state index < -0.39 is 11.7 Å². The molecule has 2 atom stereocenters. The van der Waals surface area contributed by atoms with Crippen molar-refractivity contribution < 1.29 is 10.2 Å². The Bertz CT molecular complexity index is 656. The Hall–Kier alpha value is -1.86. The average Bonchev–Trinajstić information content (AvgIpc) is 2.49. The van der Waals surface area contributed by atoms with Crippen LogP contribution in [0.15, 0.2) is 76.6 Å². The minimum atomic E-state index is -0.957. The van der Waals surface area contributed by atoms with Crippen LogP contribution in [0.1, 0.15) is 53.9 Å². The predicted octanol–water partition coefficient (Wildman–Crippen LogP) is 5.33. The Labute approximate surface area is 153 Å². The van der Waals surface area contributed by atoms with Crippen LogP contribution in [-0.2, 0) is 0 Å². The Kier molecular flexibility index (Phi) is 8.65. The number of aliphatic hydroxyl groups excluding tert-OH is 1. The standard InChI is InChI=1S/C23H32O2/c1-18(2)9-6-7-10-19(3)11-8-12-20(4)13-14-21-15-16-22(24)17-23(21,5)25/h6-13,22,24-25H,15-17H2,1-5H3/b7-6+,11-8+,19-10+,20-12+. The molecule has 25 heavy (non-hydrogen) atoms. The summed E-state index contributed by atoms with van der Waals surface area (Å²) in [6.45, 7) is 9.98. The van der Waals surface area contributed by atoms with Gasteiger partial charge in [-0.1, -0.05) is 53.7 Å². The zero-order valence-corrected chi connectivity index (χ0v) is 16.2. The Morgan fingerprint density at radius 2 is 1.68 bits per heavy atom. The molecule has 0 amide bonds. The van der Waals surface area contributed by atoms with Crippen LogP contribution < -0.4 is 0 Å². The van der Waals surface area contributed by atoms with Crippen molar-refractivity contribution in [3.05, 3.63) is 76.6 Å². The van der Waals surface area contributed by atoms with E-state index in [9.17, 15) is 10.2 Å². The summed E-state index contributed by atoms with van der Waals surface area (Å²) in [5.41, 5.74) is 6.66. The lowest BCUT2D eigenvalue weighted by atomic mass is 9.80. The van der Waals surface area contributed by atoms with Gasteiger partial charge in [0.05, 0.1) is 11.7 Å². The summed E-state index contributed by atoms with van der Waals surface area (Å²) in [7, 11) is 0. The molecule has 2 N–H and O–H groups in total. The third-order valence-electron chi connectivity index (χ3n) is 4.10. The first-order valence-electron chi connectivity index (χ1n) is 8.90. The van der Waals surface area contributed by atoms with Gasteiger partial charge in [0.2, 0.25) is 0 Å². The van der Waals surface area contributed by atoms with Crippen molar-refractivity contribution in [2.75, 3.05) is 0 Å². The van der Waals surface area contributed by atoms with Crippen molar-refractivity contribution in [1.82, 2.24) is 0 Å². The van der Waals surface area contributed by atoms with E-state index in [1.165, 1.54) is 11.1 Å². The fourth-order valence-electron chi connectivity index (χ4n) is 2.60. The van der Waals surface area contributed by atoms with Gasteiger partial charge in [-0.3, -0.25) is 0 Å². The van der Waals surface area contributed by atoms with E-state index in [1.54, 1.807) is 6.92 Å². The Morgan fingerprint density at radius 3 is 2.32 bits per heavy atom. The smallest absolute Gasteiger partial charge is 0.0926 e. The molecule has 0 saturated heterocycles. The first kappa shape index (κ1) is 21.2. The van der Waals surface area contributed by atoms with Crippen LogP contribution in [0.2, 0.25) is 0 Å². The second kappa shape index (κ2) is 10.2. The molecule has 0 spiro atoms. The maximum Gasteiger partial charge on any atom is 0.0926 e. The zero-order valence-electron chi connectivity index (χ0n) is 16.2. The van der Waals surface area contributed by atoms with E-state index >= 15 is 0 Å². The van der Waals surface area contributed by atoms with E-state index in [0.29, 0.717) is 19.3 Å². The van der Waals surface area contributed by atoms with Crippen LogP contribution in [0.25, 0.3) is 0 Å². The van der Waals surface area contributed by atoms with Crippen LogP contribution in [0, 0.1) is 0 Å². The summed E-state index contributed by atoms with van der Waals surface area (Å²) in [4.78, 5) is 0. The molecule has 0 aromatic rings. The fourth-order valence-corrected chi connectivity index (χ4v) is 2.60. The van der Waals surface area contributed by atoms with E-state index in [0.717, 1.165) is 11.1 Å². The third kappa shape index (κ3) is 8.69. The normalized spacial score (nSPS) is 25.4. The van der Waals surface area contributed by atoms with Gasteiger partial charge in [0.25, 0.3) is 0 Å². The second-order valence-electron chi connectivity index (χ2n) is 7.25. The lowest BCUT2D eigenvalue weighted by Gasteiger charge is -2.32. The van der Waals surface area contributed by atoms with Crippen LogP contribution in [0.5, 0.6) is 0 Å². The molecule has 2 heteroatoms. The summed E-state index contributed by atoms with van der Waals surface area (Å²) in [6, 6.07) is 0. The van der Waals surface area contributed by atoms with Crippen LogP contribution >= 0.6 is 0 Å². The molecule has 0 aromatic heterocycles. The molecular weight excluding hydrogens is 308 g/mol. The molecule has 0 aliphatic heterocycles. The molecule has 0 heterocycles. The zero-order chi connectivity index (χ0) is 18.9. The highest BCUT2D eigenvalue weighted by atomic mass is 16.3. The summed E-state index contributed by atoms with van der Waals surface area (Å²) in [6.07, 6.45) is 17.6. The largest absolute Gasteiger partial charge is 0.393 e. The van der Waals surface area contributed by atoms with Gasteiger partial charge in [-0.2, -0.15) is 0 Å². The van der Waals surface area contributed by atoms with Gasteiger partial charge >= 0.3 is 0 Å². The monoisotopic (exact) mass is 340 g/mol. The number of aliphatic hydroxyl groups is 2. The highest BCUT2D eigenvalue weighted by Gasteiger charge is 2.33. The van der Waals surface area contributed by atoms with Gasteiger partial charge in [0.15, 0.2) is 0 Å². The SMILES string of the molecule is CC(C)=C/C=C/C=C(C)/C=C/C=C(\C)C=C=C1CCC(O)CC1(C)O. The van der Waals surface area contributed by atoms with Crippen molar-refractivity contribution >= 4 is 0 Å². The van der Waals surface area contributed by atoms with Gasteiger partial charge in [-0.05, 0) is 59.1 Å². The molecule has 1 aliphatic carbocycles. The van der Waals surface area contributed by atoms with Crippen molar-refractivity contribution in [3.8, 4) is 0 Å². The fraction of sp³-hybridized carbons (Fsp3) is 0.435. The molecule has 136 valence electrons. The number of hydrogen-bond acceptors (Lipinski definition) is 2. The molecule has 2 unspecified atom stereocenters. The van der Waals surface area contributed by atoms with E-state index in [1.807, 2.05) is 37.3 Å². The summed E-state index contributed by atoms with van der Waals surface area (Å²) in [5, 5.41) is 20.0. The molecule has 0 aromatic carbocycles. The Balaban J connectivity index is 2.72. The number of allylic oxidation sites excluding steroid dienone is 10. The van der Waals surface area contributed by atoms with E-state index in [4.69, 9.17) is 0 Å². The van der Waals surface area contributed by atoms with Gasteiger partial charge in [0.1, 0.15) is 0 Å². The van der Waals surface area contributed by atoms with Crippen LogP contribution in [0.3, 0.4) is 0 Å². The molecule has 0 radical (unpaired) electrons. The van der Waals surface area contributed by atoms with Crippen molar-refractivity contribution in [3.63, 3.8) is 0 Å².